The third-order valence-corrected chi connectivity index (χ3v) is 6.04. The molecule has 32 heavy (non-hydrogen) atoms. The summed E-state index contributed by atoms with van der Waals surface area (Å²) >= 11 is 5.80. The zero-order valence-electron chi connectivity index (χ0n) is 17.6. The van der Waals surface area contributed by atoms with Crippen molar-refractivity contribution in [1.82, 2.24) is 24.8 Å². The fourth-order valence-corrected chi connectivity index (χ4v) is 4.52. The predicted molar refractivity (Wildman–Crippen MR) is 128 cm³/mol. The number of thiocarbonyl (C=S) groups is 1. The second-order valence-electron chi connectivity index (χ2n) is 7.62. The molecule has 7 heteroatoms. The van der Waals surface area contributed by atoms with Crippen molar-refractivity contribution < 1.29 is 4.74 Å². The van der Waals surface area contributed by atoms with Gasteiger partial charge in [0.1, 0.15) is 5.75 Å². The van der Waals surface area contributed by atoms with Crippen molar-refractivity contribution in [3.8, 4) is 11.4 Å². The highest BCUT2D eigenvalue weighted by Gasteiger charge is 2.41. The van der Waals surface area contributed by atoms with Gasteiger partial charge in [0.25, 0.3) is 0 Å². The van der Waals surface area contributed by atoms with Crippen LogP contribution in [-0.2, 0) is 6.54 Å². The molecule has 1 saturated heterocycles. The highest BCUT2D eigenvalue weighted by molar-refractivity contribution is 7.80. The van der Waals surface area contributed by atoms with Crippen LogP contribution >= 0.6 is 12.2 Å². The first kappa shape index (κ1) is 20.2. The maximum atomic E-state index is 5.80. The van der Waals surface area contributed by atoms with Crippen molar-refractivity contribution in [2.75, 3.05) is 7.11 Å². The maximum absolute atomic E-state index is 5.80. The first-order chi connectivity index (χ1) is 15.7. The number of aromatic nitrogens is 3. The highest BCUT2D eigenvalue weighted by Crippen LogP contribution is 2.40. The summed E-state index contributed by atoms with van der Waals surface area (Å²) in [5.41, 5.74) is 4.20. The Bertz CT molecular complexity index is 1210. The van der Waals surface area contributed by atoms with E-state index in [-0.39, 0.29) is 12.1 Å². The van der Waals surface area contributed by atoms with E-state index >= 15 is 0 Å². The van der Waals surface area contributed by atoms with Crippen LogP contribution < -0.4 is 10.1 Å². The van der Waals surface area contributed by atoms with Crippen LogP contribution in [0.1, 0.15) is 29.0 Å². The van der Waals surface area contributed by atoms with Crippen molar-refractivity contribution in [1.29, 1.82) is 0 Å². The number of nitrogens with one attached hydrogen (secondary N) is 1. The molecule has 1 aliphatic rings. The van der Waals surface area contributed by atoms with Crippen molar-refractivity contribution in [2.24, 2.45) is 0 Å². The van der Waals surface area contributed by atoms with Crippen LogP contribution in [0.15, 0.2) is 91.5 Å². The summed E-state index contributed by atoms with van der Waals surface area (Å²) in [7, 11) is 1.68. The minimum absolute atomic E-state index is 0.0567. The molecular formula is C25H23N5OS. The van der Waals surface area contributed by atoms with E-state index < -0.39 is 0 Å². The van der Waals surface area contributed by atoms with E-state index in [9.17, 15) is 0 Å². The van der Waals surface area contributed by atoms with Gasteiger partial charge in [-0.15, -0.1) is 0 Å². The third kappa shape index (κ3) is 3.83. The molecule has 0 radical (unpaired) electrons. The topological polar surface area (TPSA) is 55.2 Å². The summed E-state index contributed by atoms with van der Waals surface area (Å²) < 4.78 is 7.64. The Balaban J connectivity index is 1.60. The molecule has 1 aliphatic heterocycles. The molecule has 1 N–H and O–H groups in total. The van der Waals surface area contributed by atoms with E-state index in [1.807, 2.05) is 54.9 Å². The molecular weight excluding hydrogens is 418 g/mol. The summed E-state index contributed by atoms with van der Waals surface area (Å²) in [6, 6.07) is 22.1. The Morgan fingerprint density at radius 3 is 2.75 bits per heavy atom. The van der Waals surface area contributed by atoms with Crippen LogP contribution in [0.25, 0.3) is 5.69 Å². The Morgan fingerprint density at radius 2 is 1.97 bits per heavy atom. The zero-order valence-corrected chi connectivity index (χ0v) is 18.4. The Labute approximate surface area is 192 Å². The molecule has 0 amide bonds. The van der Waals surface area contributed by atoms with Gasteiger partial charge in [0.15, 0.2) is 5.11 Å². The molecule has 1 aromatic carbocycles. The normalized spacial score (nSPS) is 17.9. The number of hydrogen-bond acceptors (Lipinski definition) is 4. The molecule has 5 rings (SSSR count). The fraction of sp³-hybridized carbons (Fsp3) is 0.160. The Morgan fingerprint density at radius 1 is 1.03 bits per heavy atom. The lowest BCUT2D eigenvalue weighted by Gasteiger charge is -2.29. The zero-order chi connectivity index (χ0) is 21.9. The lowest BCUT2D eigenvalue weighted by molar-refractivity contribution is 0.302. The van der Waals surface area contributed by atoms with Gasteiger partial charge in [-0.1, -0.05) is 18.2 Å². The van der Waals surface area contributed by atoms with Crippen LogP contribution in [0.3, 0.4) is 0 Å². The molecule has 0 aliphatic carbocycles. The van der Waals surface area contributed by atoms with Crippen LogP contribution in [0.5, 0.6) is 5.75 Å². The van der Waals surface area contributed by atoms with Gasteiger partial charge in [0.2, 0.25) is 0 Å². The van der Waals surface area contributed by atoms with Gasteiger partial charge in [-0.3, -0.25) is 9.97 Å². The summed E-state index contributed by atoms with van der Waals surface area (Å²) in [6.45, 7) is 0.650. The lowest BCUT2D eigenvalue weighted by Crippen LogP contribution is -2.30. The second-order valence-corrected chi connectivity index (χ2v) is 8.01. The molecule has 4 heterocycles. The second kappa shape index (κ2) is 8.80. The van der Waals surface area contributed by atoms with Gasteiger partial charge in [-0.05, 0) is 60.2 Å². The van der Waals surface area contributed by atoms with Gasteiger partial charge in [-0.25, -0.2) is 0 Å². The molecule has 0 unspecified atom stereocenters. The lowest BCUT2D eigenvalue weighted by atomic mass is 10.0. The summed E-state index contributed by atoms with van der Waals surface area (Å²) in [4.78, 5) is 11.1. The van der Waals surface area contributed by atoms with Gasteiger partial charge >= 0.3 is 0 Å². The Hall–Kier alpha value is -3.71. The van der Waals surface area contributed by atoms with Gasteiger partial charge in [0.05, 0.1) is 24.9 Å². The van der Waals surface area contributed by atoms with Crippen LogP contribution in [0.2, 0.25) is 0 Å². The molecule has 6 nitrogen and oxygen atoms in total. The summed E-state index contributed by atoms with van der Waals surface area (Å²) in [5, 5.41) is 4.22. The van der Waals surface area contributed by atoms with E-state index in [1.54, 1.807) is 13.3 Å². The molecule has 0 saturated carbocycles. The van der Waals surface area contributed by atoms with Crippen molar-refractivity contribution in [3.63, 3.8) is 0 Å². The quantitative estimate of drug-likeness (QED) is 0.446. The minimum atomic E-state index is -0.0837. The van der Waals surface area contributed by atoms with Crippen molar-refractivity contribution >= 4 is 17.3 Å². The largest absolute Gasteiger partial charge is 0.497 e. The molecule has 0 bridgehead atoms. The van der Waals surface area contributed by atoms with Gasteiger partial charge in [0, 0.05) is 48.8 Å². The number of ether oxygens (including phenoxy) is 1. The third-order valence-electron chi connectivity index (χ3n) is 5.69. The van der Waals surface area contributed by atoms with Gasteiger partial charge in [-0.2, -0.15) is 0 Å². The van der Waals surface area contributed by atoms with E-state index in [4.69, 9.17) is 17.0 Å². The highest BCUT2D eigenvalue weighted by atomic mass is 32.1. The minimum Gasteiger partial charge on any atom is -0.497 e. The number of rotatable bonds is 6. The molecule has 0 spiro atoms. The summed E-state index contributed by atoms with van der Waals surface area (Å²) in [6.07, 6.45) is 7.56. The first-order valence-electron chi connectivity index (χ1n) is 10.4. The van der Waals surface area contributed by atoms with Crippen molar-refractivity contribution in [3.05, 3.63) is 108 Å². The summed E-state index contributed by atoms with van der Waals surface area (Å²) in [5.74, 6) is 0.815. The smallest absolute Gasteiger partial charge is 0.170 e. The number of pyridine rings is 2. The predicted octanol–water partition coefficient (Wildman–Crippen LogP) is 4.45. The van der Waals surface area contributed by atoms with E-state index in [0.717, 1.165) is 28.4 Å². The average molecular weight is 442 g/mol. The molecule has 3 aromatic heterocycles. The molecule has 1 fully saturated rings. The van der Waals surface area contributed by atoms with Crippen molar-refractivity contribution in [2.45, 2.75) is 18.6 Å². The molecule has 2 atom stereocenters. The van der Waals surface area contributed by atoms with E-state index in [2.05, 4.69) is 55.2 Å². The first-order valence-corrected chi connectivity index (χ1v) is 10.8. The number of benzene rings is 1. The number of hydrogen-bond donors (Lipinski definition) is 1. The number of nitrogens with zero attached hydrogens (tertiary/aromatic N) is 4. The SMILES string of the molecule is COc1cccc(-n2cccc2[C@@H]2[C@H](c3ccccn3)NC(=S)N2Cc2cccnc2)c1. The molecule has 4 aromatic rings. The van der Waals surface area contributed by atoms with E-state index in [0.29, 0.717) is 11.7 Å². The average Bonchev–Trinajstić information content (AvgIpc) is 3.45. The monoisotopic (exact) mass is 441 g/mol. The van der Waals surface area contributed by atoms with E-state index in [1.165, 1.54) is 0 Å². The maximum Gasteiger partial charge on any atom is 0.170 e. The standard InChI is InChI=1S/C25H23N5OS/c1-31-20-9-4-8-19(15-20)29-14-6-11-22(29)24-23(21-10-2-3-13-27-21)28-25(32)30(24)17-18-7-5-12-26-16-18/h2-16,23-24H,17H2,1H3,(H,28,32)/t23-,24+/m0/s1. The van der Waals surface area contributed by atoms with Crippen LogP contribution in [0.4, 0.5) is 0 Å². The van der Waals surface area contributed by atoms with Crippen LogP contribution in [0, 0.1) is 0 Å². The fourth-order valence-electron chi connectivity index (χ4n) is 4.22. The number of methoxy groups -OCH3 is 1. The van der Waals surface area contributed by atoms with Gasteiger partial charge < -0.3 is 19.5 Å². The van der Waals surface area contributed by atoms with Crippen LogP contribution in [-0.4, -0.2) is 31.7 Å². The Kier molecular flexibility index (Phi) is 5.56. The molecule has 160 valence electrons.